The van der Waals surface area contributed by atoms with Gasteiger partial charge in [-0.25, -0.2) is 9.59 Å². The standard InChI is InChI=1S/C33H34N4O5/c1-33(2,3)41-31(38)34-18-29-35-30(42-36-29)28-17-22(21-11-5-4-6-12-21)19-37(28)32(39)40-20-27-25-15-9-7-13-23(25)24-14-8-10-16-26(24)27/h4-16,22,27-28H,17-20H2,1-3H3,(H,34,38)/t22-,28+/m1/s1. The average Bonchev–Trinajstić information content (AvgIpc) is 3.71. The summed E-state index contributed by atoms with van der Waals surface area (Å²) in [6.07, 6.45) is -0.388. The van der Waals surface area contributed by atoms with E-state index in [9.17, 15) is 9.59 Å². The molecule has 0 radical (unpaired) electrons. The van der Waals surface area contributed by atoms with Crippen molar-refractivity contribution in [3.8, 4) is 11.1 Å². The number of likely N-dealkylation sites (tertiary alicyclic amines) is 1. The highest BCUT2D eigenvalue weighted by molar-refractivity contribution is 5.79. The Kier molecular flexibility index (Phi) is 7.41. The van der Waals surface area contributed by atoms with E-state index in [0.717, 1.165) is 16.7 Å². The Morgan fingerprint density at radius 2 is 1.60 bits per heavy atom. The van der Waals surface area contributed by atoms with Crippen LogP contribution in [0.5, 0.6) is 0 Å². The number of rotatable bonds is 6. The fraction of sp³-hybridized carbons (Fsp3) is 0.333. The topological polar surface area (TPSA) is 107 Å². The molecule has 2 heterocycles. The molecular formula is C33H34N4O5. The van der Waals surface area contributed by atoms with Crippen LogP contribution in [-0.4, -0.2) is 46.0 Å². The van der Waals surface area contributed by atoms with Gasteiger partial charge in [-0.05, 0) is 55.0 Å². The van der Waals surface area contributed by atoms with Crippen molar-refractivity contribution >= 4 is 12.2 Å². The normalized spacial score (nSPS) is 17.9. The van der Waals surface area contributed by atoms with Gasteiger partial charge in [-0.2, -0.15) is 4.98 Å². The van der Waals surface area contributed by atoms with Gasteiger partial charge in [0.25, 0.3) is 0 Å². The quantitative estimate of drug-likeness (QED) is 0.281. The zero-order valence-electron chi connectivity index (χ0n) is 23.9. The third kappa shape index (κ3) is 5.72. The van der Waals surface area contributed by atoms with Crippen molar-refractivity contribution in [1.82, 2.24) is 20.4 Å². The highest BCUT2D eigenvalue weighted by atomic mass is 16.6. The lowest BCUT2D eigenvalue weighted by Crippen LogP contribution is -2.33. The van der Waals surface area contributed by atoms with Crippen LogP contribution in [0.3, 0.4) is 0 Å². The molecule has 0 unspecified atom stereocenters. The van der Waals surface area contributed by atoms with E-state index in [1.54, 1.807) is 25.7 Å². The molecule has 1 aromatic heterocycles. The van der Waals surface area contributed by atoms with E-state index in [2.05, 4.69) is 51.9 Å². The third-order valence-electron chi connectivity index (χ3n) is 7.70. The van der Waals surface area contributed by atoms with E-state index in [1.165, 1.54) is 11.1 Å². The summed E-state index contributed by atoms with van der Waals surface area (Å²) in [5.74, 6) is 0.641. The smallest absolute Gasteiger partial charge is 0.410 e. The molecule has 1 saturated heterocycles. The van der Waals surface area contributed by atoms with Gasteiger partial charge in [-0.3, -0.25) is 4.90 Å². The molecule has 4 aromatic rings. The van der Waals surface area contributed by atoms with Crippen molar-refractivity contribution in [2.75, 3.05) is 13.2 Å². The van der Waals surface area contributed by atoms with Crippen molar-refractivity contribution < 1.29 is 23.6 Å². The number of hydrogen-bond acceptors (Lipinski definition) is 7. The first kappa shape index (κ1) is 27.5. The van der Waals surface area contributed by atoms with Gasteiger partial charge in [-0.1, -0.05) is 84.0 Å². The molecule has 42 heavy (non-hydrogen) atoms. The molecule has 0 saturated carbocycles. The molecule has 1 fully saturated rings. The Bertz CT molecular complexity index is 1530. The molecule has 1 aliphatic carbocycles. The summed E-state index contributed by atoms with van der Waals surface area (Å²) < 4.78 is 16.9. The van der Waals surface area contributed by atoms with Crippen LogP contribution in [0, 0.1) is 0 Å². The Labute approximate surface area is 244 Å². The van der Waals surface area contributed by atoms with Crippen LogP contribution in [0.2, 0.25) is 0 Å². The van der Waals surface area contributed by atoms with Crippen LogP contribution in [0.4, 0.5) is 9.59 Å². The molecule has 2 aliphatic rings. The van der Waals surface area contributed by atoms with E-state index in [1.807, 2.05) is 42.5 Å². The predicted octanol–water partition coefficient (Wildman–Crippen LogP) is 6.57. The number of aromatic nitrogens is 2. The fourth-order valence-electron chi connectivity index (χ4n) is 5.86. The van der Waals surface area contributed by atoms with Crippen LogP contribution < -0.4 is 5.32 Å². The first-order chi connectivity index (χ1) is 20.3. The number of benzene rings is 3. The SMILES string of the molecule is CC(C)(C)OC(=O)NCc1noc([C@@H]2C[C@@H](c3ccccc3)CN2C(=O)OCC2c3ccccc3-c3ccccc32)n1. The number of hydrogen-bond donors (Lipinski definition) is 1. The number of ether oxygens (including phenoxy) is 2. The molecule has 9 nitrogen and oxygen atoms in total. The van der Waals surface area contributed by atoms with Crippen LogP contribution in [-0.2, 0) is 16.0 Å². The van der Waals surface area contributed by atoms with Crippen molar-refractivity contribution in [3.05, 3.63) is 107 Å². The molecular weight excluding hydrogens is 532 g/mol. The first-order valence-corrected chi connectivity index (χ1v) is 14.2. The summed E-state index contributed by atoms with van der Waals surface area (Å²) in [6, 6.07) is 26.1. The number of fused-ring (bicyclic) bond motifs is 3. The number of amides is 2. The van der Waals surface area contributed by atoms with E-state index in [4.69, 9.17) is 14.0 Å². The summed E-state index contributed by atoms with van der Waals surface area (Å²) in [5.41, 5.74) is 5.18. The lowest BCUT2D eigenvalue weighted by molar-refractivity contribution is 0.0521. The van der Waals surface area contributed by atoms with Gasteiger partial charge in [0.2, 0.25) is 5.89 Å². The minimum absolute atomic E-state index is 0.0399. The van der Waals surface area contributed by atoms with Crippen molar-refractivity contribution in [2.45, 2.75) is 57.2 Å². The molecule has 1 aliphatic heterocycles. The Hall–Kier alpha value is -4.66. The number of alkyl carbamates (subject to hydrolysis) is 1. The fourth-order valence-corrected chi connectivity index (χ4v) is 5.86. The maximum Gasteiger partial charge on any atom is 0.410 e. The van der Waals surface area contributed by atoms with Gasteiger partial charge in [0.15, 0.2) is 5.82 Å². The monoisotopic (exact) mass is 566 g/mol. The van der Waals surface area contributed by atoms with Gasteiger partial charge >= 0.3 is 12.2 Å². The number of carbonyl (C=O) groups excluding carboxylic acids is 2. The second-order valence-electron chi connectivity index (χ2n) is 11.7. The van der Waals surface area contributed by atoms with Gasteiger partial charge in [0, 0.05) is 18.4 Å². The lowest BCUT2D eigenvalue weighted by atomic mass is 9.96. The van der Waals surface area contributed by atoms with Gasteiger partial charge in [0.05, 0.1) is 6.54 Å². The average molecular weight is 567 g/mol. The molecule has 6 rings (SSSR count). The third-order valence-corrected chi connectivity index (χ3v) is 7.70. The molecule has 0 spiro atoms. The molecule has 1 N–H and O–H groups in total. The number of nitrogens with zero attached hydrogens (tertiary/aromatic N) is 3. The van der Waals surface area contributed by atoms with E-state index in [0.29, 0.717) is 24.7 Å². The van der Waals surface area contributed by atoms with Gasteiger partial charge in [-0.15, -0.1) is 0 Å². The molecule has 2 atom stereocenters. The summed E-state index contributed by atoms with van der Waals surface area (Å²) in [7, 11) is 0. The van der Waals surface area contributed by atoms with Gasteiger partial charge in [0.1, 0.15) is 18.2 Å². The summed E-state index contributed by atoms with van der Waals surface area (Å²) >= 11 is 0. The predicted molar refractivity (Wildman–Crippen MR) is 156 cm³/mol. The first-order valence-electron chi connectivity index (χ1n) is 14.2. The number of carbonyl (C=O) groups is 2. The Morgan fingerprint density at radius 1 is 0.952 bits per heavy atom. The largest absolute Gasteiger partial charge is 0.448 e. The van der Waals surface area contributed by atoms with Crippen LogP contribution >= 0.6 is 0 Å². The summed E-state index contributed by atoms with van der Waals surface area (Å²) in [4.78, 5) is 32.0. The number of nitrogens with one attached hydrogen (secondary N) is 1. The minimum atomic E-state index is -0.619. The molecule has 2 amide bonds. The highest BCUT2D eigenvalue weighted by Crippen LogP contribution is 2.45. The van der Waals surface area contributed by atoms with E-state index in [-0.39, 0.29) is 25.0 Å². The summed E-state index contributed by atoms with van der Waals surface area (Å²) in [6.45, 7) is 6.10. The second-order valence-corrected chi connectivity index (χ2v) is 11.7. The van der Waals surface area contributed by atoms with Crippen molar-refractivity contribution in [3.63, 3.8) is 0 Å². The Balaban J connectivity index is 1.19. The van der Waals surface area contributed by atoms with Crippen molar-refractivity contribution in [2.24, 2.45) is 0 Å². The summed E-state index contributed by atoms with van der Waals surface area (Å²) in [5, 5.41) is 6.69. The molecule has 0 bridgehead atoms. The zero-order valence-corrected chi connectivity index (χ0v) is 23.9. The van der Waals surface area contributed by atoms with Crippen LogP contribution in [0.15, 0.2) is 83.4 Å². The molecule has 9 heteroatoms. The van der Waals surface area contributed by atoms with Crippen molar-refractivity contribution in [1.29, 1.82) is 0 Å². The van der Waals surface area contributed by atoms with Gasteiger partial charge < -0.3 is 19.3 Å². The molecule has 3 aromatic carbocycles. The Morgan fingerprint density at radius 3 is 2.26 bits per heavy atom. The highest BCUT2D eigenvalue weighted by Gasteiger charge is 2.41. The van der Waals surface area contributed by atoms with Crippen LogP contribution in [0.1, 0.15) is 73.5 Å². The maximum atomic E-state index is 13.7. The second kappa shape index (κ2) is 11.3. The maximum absolute atomic E-state index is 13.7. The molecule has 216 valence electrons. The minimum Gasteiger partial charge on any atom is -0.448 e. The van der Waals surface area contributed by atoms with E-state index < -0.39 is 23.8 Å². The zero-order chi connectivity index (χ0) is 29.3. The lowest BCUT2D eigenvalue weighted by Gasteiger charge is -2.23. The van der Waals surface area contributed by atoms with Crippen LogP contribution in [0.25, 0.3) is 11.1 Å². The van der Waals surface area contributed by atoms with E-state index >= 15 is 0 Å².